The Hall–Kier alpha value is -3.12. The SMILES string of the molecule is COC(=O)C1=C(C(=O)OC)N(c2ccc(Cc3ccccc3)cc2)COC1. The van der Waals surface area contributed by atoms with Crippen LogP contribution in [-0.2, 0) is 30.2 Å². The summed E-state index contributed by atoms with van der Waals surface area (Å²) in [7, 11) is 2.54. The number of nitrogens with zero attached hydrogens (tertiary/aromatic N) is 1. The van der Waals surface area contributed by atoms with Crippen LogP contribution in [0.15, 0.2) is 65.9 Å². The van der Waals surface area contributed by atoms with Crippen LogP contribution in [0.1, 0.15) is 11.1 Å². The molecule has 0 N–H and O–H groups in total. The van der Waals surface area contributed by atoms with Crippen molar-refractivity contribution in [3.8, 4) is 0 Å². The van der Waals surface area contributed by atoms with Crippen LogP contribution in [0.25, 0.3) is 0 Å². The van der Waals surface area contributed by atoms with Crippen molar-refractivity contribution in [3.05, 3.63) is 77.0 Å². The lowest BCUT2D eigenvalue weighted by Gasteiger charge is -2.31. The topological polar surface area (TPSA) is 65.1 Å². The molecule has 27 heavy (non-hydrogen) atoms. The van der Waals surface area contributed by atoms with Crippen LogP contribution in [0.5, 0.6) is 0 Å². The summed E-state index contributed by atoms with van der Waals surface area (Å²) >= 11 is 0. The summed E-state index contributed by atoms with van der Waals surface area (Å²) < 4.78 is 15.1. The Morgan fingerprint density at radius 1 is 0.926 bits per heavy atom. The molecule has 3 rings (SSSR count). The zero-order valence-electron chi connectivity index (χ0n) is 15.3. The van der Waals surface area contributed by atoms with E-state index in [1.54, 1.807) is 4.90 Å². The molecule has 0 bridgehead atoms. The molecular formula is C21H21NO5. The van der Waals surface area contributed by atoms with Crippen molar-refractivity contribution < 1.29 is 23.8 Å². The lowest BCUT2D eigenvalue weighted by molar-refractivity contribution is -0.140. The first kappa shape index (κ1) is 18.7. The van der Waals surface area contributed by atoms with Gasteiger partial charge in [-0.2, -0.15) is 0 Å². The van der Waals surface area contributed by atoms with Crippen molar-refractivity contribution in [1.82, 2.24) is 0 Å². The zero-order valence-corrected chi connectivity index (χ0v) is 15.3. The number of carbonyl (C=O) groups is 2. The van der Waals surface area contributed by atoms with Gasteiger partial charge >= 0.3 is 11.9 Å². The van der Waals surface area contributed by atoms with Gasteiger partial charge in [0.15, 0.2) is 0 Å². The number of benzene rings is 2. The summed E-state index contributed by atoms with van der Waals surface area (Å²) in [6.45, 7) is 0.142. The average Bonchev–Trinajstić information content (AvgIpc) is 2.73. The highest BCUT2D eigenvalue weighted by Gasteiger charge is 2.32. The number of anilines is 1. The molecule has 0 saturated heterocycles. The van der Waals surface area contributed by atoms with E-state index in [4.69, 9.17) is 14.2 Å². The molecule has 1 heterocycles. The minimum absolute atomic E-state index is 0.000300. The maximum Gasteiger partial charge on any atom is 0.355 e. The number of methoxy groups -OCH3 is 2. The molecule has 1 aliphatic heterocycles. The minimum atomic E-state index is -0.610. The predicted octanol–water partition coefficient (Wildman–Crippen LogP) is 2.67. The molecule has 0 unspecified atom stereocenters. The minimum Gasteiger partial charge on any atom is -0.466 e. The molecule has 0 spiro atoms. The van der Waals surface area contributed by atoms with Gasteiger partial charge in [0.25, 0.3) is 0 Å². The number of hydrogen-bond acceptors (Lipinski definition) is 6. The van der Waals surface area contributed by atoms with E-state index in [1.807, 2.05) is 42.5 Å². The van der Waals surface area contributed by atoms with E-state index in [-0.39, 0.29) is 24.6 Å². The summed E-state index contributed by atoms with van der Waals surface area (Å²) in [5, 5.41) is 0. The van der Waals surface area contributed by atoms with Crippen LogP contribution in [0, 0.1) is 0 Å². The van der Waals surface area contributed by atoms with Gasteiger partial charge in [0.2, 0.25) is 0 Å². The third kappa shape index (κ3) is 4.17. The molecule has 0 amide bonds. The summed E-state index contributed by atoms with van der Waals surface area (Å²) in [5.41, 5.74) is 3.37. The van der Waals surface area contributed by atoms with E-state index in [0.717, 1.165) is 17.7 Å². The van der Waals surface area contributed by atoms with Gasteiger partial charge in [-0.3, -0.25) is 0 Å². The lowest BCUT2D eigenvalue weighted by Crippen LogP contribution is -2.38. The van der Waals surface area contributed by atoms with Crippen molar-refractivity contribution >= 4 is 17.6 Å². The first-order chi connectivity index (χ1) is 13.1. The molecule has 0 radical (unpaired) electrons. The fraction of sp³-hybridized carbons (Fsp3) is 0.238. The summed E-state index contributed by atoms with van der Waals surface area (Å²) in [4.78, 5) is 26.0. The molecule has 0 atom stereocenters. The third-order valence-corrected chi connectivity index (χ3v) is 4.33. The van der Waals surface area contributed by atoms with Crippen LogP contribution < -0.4 is 4.90 Å². The first-order valence-electron chi connectivity index (χ1n) is 8.52. The molecule has 2 aromatic rings. The van der Waals surface area contributed by atoms with Crippen molar-refractivity contribution in [1.29, 1.82) is 0 Å². The van der Waals surface area contributed by atoms with Gasteiger partial charge in [0.1, 0.15) is 12.4 Å². The van der Waals surface area contributed by atoms with Crippen molar-refractivity contribution in [3.63, 3.8) is 0 Å². The van der Waals surface area contributed by atoms with Crippen molar-refractivity contribution in [2.24, 2.45) is 0 Å². The Kier molecular flexibility index (Phi) is 5.88. The Morgan fingerprint density at radius 3 is 2.19 bits per heavy atom. The fourth-order valence-corrected chi connectivity index (χ4v) is 2.97. The second-order valence-corrected chi connectivity index (χ2v) is 6.04. The monoisotopic (exact) mass is 367 g/mol. The largest absolute Gasteiger partial charge is 0.466 e. The van der Waals surface area contributed by atoms with E-state index in [0.29, 0.717) is 0 Å². The molecule has 2 aromatic carbocycles. The highest BCUT2D eigenvalue weighted by atomic mass is 16.5. The van der Waals surface area contributed by atoms with E-state index in [9.17, 15) is 9.59 Å². The van der Waals surface area contributed by atoms with E-state index >= 15 is 0 Å². The van der Waals surface area contributed by atoms with Crippen LogP contribution >= 0.6 is 0 Å². The average molecular weight is 367 g/mol. The number of hydrogen-bond donors (Lipinski definition) is 0. The van der Waals surface area contributed by atoms with E-state index < -0.39 is 11.9 Å². The van der Waals surface area contributed by atoms with Crippen LogP contribution in [-0.4, -0.2) is 39.5 Å². The number of ether oxygens (including phenoxy) is 3. The molecule has 6 nitrogen and oxygen atoms in total. The van der Waals surface area contributed by atoms with Crippen LogP contribution in [0.3, 0.4) is 0 Å². The molecular weight excluding hydrogens is 346 g/mol. The molecule has 0 aliphatic carbocycles. The van der Waals surface area contributed by atoms with Crippen molar-refractivity contribution in [2.45, 2.75) is 6.42 Å². The van der Waals surface area contributed by atoms with Gasteiger partial charge in [-0.25, -0.2) is 9.59 Å². The number of carbonyl (C=O) groups excluding carboxylic acids is 2. The lowest BCUT2D eigenvalue weighted by atomic mass is 10.0. The van der Waals surface area contributed by atoms with Gasteiger partial charge in [0.05, 0.1) is 26.4 Å². The normalized spacial score (nSPS) is 14.1. The second-order valence-electron chi connectivity index (χ2n) is 6.04. The maximum atomic E-state index is 12.3. The molecule has 0 saturated carbocycles. The van der Waals surface area contributed by atoms with Crippen LogP contribution in [0.2, 0.25) is 0 Å². The maximum absolute atomic E-state index is 12.3. The summed E-state index contributed by atoms with van der Waals surface area (Å²) in [5.74, 6) is -1.21. The molecule has 0 aromatic heterocycles. The molecule has 140 valence electrons. The molecule has 6 heteroatoms. The second kappa shape index (κ2) is 8.51. The highest BCUT2D eigenvalue weighted by molar-refractivity contribution is 6.03. The number of rotatable bonds is 5. The third-order valence-electron chi connectivity index (χ3n) is 4.33. The quantitative estimate of drug-likeness (QED) is 0.757. The summed E-state index contributed by atoms with van der Waals surface area (Å²) in [6, 6.07) is 17.9. The number of esters is 2. The van der Waals surface area contributed by atoms with Crippen LogP contribution in [0.4, 0.5) is 5.69 Å². The standard InChI is InChI=1S/C21H21NO5/c1-25-20(23)18-13-27-14-22(19(18)21(24)26-2)17-10-8-16(9-11-17)12-15-6-4-3-5-7-15/h3-11H,12-14H2,1-2H3. The Morgan fingerprint density at radius 2 is 1.56 bits per heavy atom. The van der Waals surface area contributed by atoms with Gasteiger partial charge < -0.3 is 19.1 Å². The Labute approximate surface area is 158 Å². The zero-order chi connectivity index (χ0) is 19.2. The Balaban J connectivity index is 1.89. The van der Waals surface area contributed by atoms with Crippen molar-refractivity contribution in [2.75, 3.05) is 32.5 Å². The Bertz CT molecular complexity index is 843. The first-order valence-corrected chi connectivity index (χ1v) is 8.52. The molecule has 0 fully saturated rings. The molecule has 1 aliphatic rings. The smallest absolute Gasteiger partial charge is 0.355 e. The highest BCUT2D eigenvalue weighted by Crippen LogP contribution is 2.27. The predicted molar refractivity (Wildman–Crippen MR) is 100 cm³/mol. The van der Waals surface area contributed by atoms with Gasteiger partial charge in [-0.15, -0.1) is 0 Å². The fourth-order valence-electron chi connectivity index (χ4n) is 2.97. The van der Waals surface area contributed by atoms with E-state index in [2.05, 4.69) is 12.1 Å². The van der Waals surface area contributed by atoms with E-state index in [1.165, 1.54) is 19.8 Å². The summed E-state index contributed by atoms with van der Waals surface area (Å²) in [6.07, 6.45) is 0.810. The van der Waals surface area contributed by atoms with Gasteiger partial charge in [-0.05, 0) is 29.7 Å². The van der Waals surface area contributed by atoms with Gasteiger partial charge in [0, 0.05) is 5.69 Å². The van der Waals surface area contributed by atoms with Gasteiger partial charge in [-0.1, -0.05) is 42.5 Å².